The van der Waals surface area contributed by atoms with Crippen LogP contribution in [0.15, 0.2) is 27.6 Å². The zero-order valence-electron chi connectivity index (χ0n) is 9.58. The lowest BCUT2D eigenvalue weighted by Crippen LogP contribution is -2.28. The Kier molecular flexibility index (Phi) is 4.44. The van der Waals surface area contributed by atoms with Crippen LogP contribution in [0.3, 0.4) is 0 Å². The maximum absolute atomic E-state index is 11.1. The normalized spacial score (nSPS) is 11.5. The number of rotatable bonds is 4. The highest BCUT2D eigenvalue weighted by atomic mass is 79.9. The summed E-state index contributed by atoms with van der Waals surface area (Å²) in [4.78, 5) is 12.3. The van der Waals surface area contributed by atoms with E-state index >= 15 is 0 Å². The molecule has 0 aliphatic heterocycles. The van der Waals surface area contributed by atoms with E-state index in [2.05, 4.69) is 22.9 Å². The monoisotopic (exact) mass is 302 g/mol. The summed E-state index contributed by atoms with van der Waals surface area (Å²) in [5.41, 5.74) is -0.0369. The first-order chi connectivity index (χ1) is 7.39. The van der Waals surface area contributed by atoms with Gasteiger partial charge in [-0.05, 0) is 53.2 Å². The predicted molar refractivity (Wildman–Crippen MR) is 71.2 cm³/mol. The van der Waals surface area contributed by atoms with Crippen LogP contribution in [-0.2, 0) is 10.2 Å². The molecule has 1 rings (SSSR count). The van der Waals surface area contributed by atoms with Crippen molar-refractivity contribution < 1.29 is 9.90 Å². The quantitative estimate of drug-likeness (QED) is 0.857. The highest BCUT2D eigenvalue weighted by molar-refractivity contribution is 9.10. The number of carbonyl (C=O) groups is 1. The molecule has 1 aromatic rings. The highest BCUT2D eigenvalue weighted by Gasteiger charge is 2.29. The zero-order chi connectivity index (χ0) is 12.3. The molecule has 0 aliphatic carbocycles. The summed E-state index contributed by atoms with van der Waals surface area (Å²) in [6, 6.07) is 5.75. The lowest BCUT2D eigenvalue weighted by molar-refractivity contribution is -0.142. The number of carboxylic acid groups (broad SMARTS) is 1. The number of aliphatic carboxylic acids is 1. The first-order valence-corrected chi connectivity index (χ1v) is 6.83. The third-order valence-corrected chi connectivity index (χ3v) is 4.36. The van der Waals surface area contributed by atoms with Crippen molar-refractivity contribution in [2.24, 2.45) is 0 Å². The van der Waals surface area contributed by atoms with E-state index < -0.39 is 11.4 Å². The summed E-state index contributed by atoms with van der Waals surface area (Å²) in [6.07, 6.45) is 0. The van der Waals surface area contributed by atoms with Crippen molar-refractivity contribution >= 4 is 33.7 Å². The van der Waals surface area contributed by atoms with Gasteiger partial charge in [-0.25, -0.2) is 0 Å². The summed E-state index contributed by atoms with van der Waals surface area (Å²) in [5.74, 6) is 0.190. The summed E-state index contributed by atoms with van der Waals surface area (Å²) in [5, 5.41) is 9.14. The molecule has 1 N–H and O–H groups in total. The Morgan fingerprint density at radius 2 is 2.12 bits per heavy atom. The highest BCUT2D eigenvalue weighted by Crippen LogP contribution is 2.32. The molecule has 0 saturated heterocycles. The third kappa shape index (κ3) is 2.80. The van der Waals surface area contributed by atoms with Gasteiger partial charge in [-0.3, -0.25) is 4.79 Å². The molecule has 0 unspecified atom stereocenters. The topological polar surface area (TPSA) is 37.3 Å². The largest absolute Gasteiger partial charge is 0.481 e. The fourth-order valence-electron chi connectivity index (χ4n) is 1.29. The van der Waals surface area contributed by atoms with Gasteiger partial charge in [-0.15, -0.1) is 11.8 Å². The molecular weight excluding hydrogens is 288 g/mol. The van der Waals surface area contributed by atoms with Crippen LogP contribution >= 0.6 is 27.7 Å². The van der Waals surface area contributed by atoms with Crippen molar-refractivity contribution in [2.45, 2.75) is 31.1 Å². The lowest BCUT2D eigenvalue weighted by atomic mass is 9.85. The Morgan fingerprint density at radius 1 is 1.50 bits per heavy atom. The van der Waals surface area contributed by atoms with Crippen molar-refractivity contribution in [1.29, 1.82) is 0 Å². The number of carboxylic acids is 1. The van der Waals surface area contributed by atoms with E-state index in [1.54, 1.807) is 25.6 Å². The van der Waals surface area contributed by atoms with Crippen molar-refractivity contribution in [3.63, 3.8) is 0 Å². The van der Waals surface area contributed by atoms with Gasteiger partial charge in [0, 0.05) is 9.37 Å². The maximum atomic E-state index is 11.1. The Morgan fingerprint density at radius 3 is 2.56 bits per heavy atom. The fourth-order valence-corrected chi connectivity index (χ4v) is 2.68. The molecule has 0 bridgehead atoms. The van der Waals surface area contributed by atoms with Crippen LogP contribution < -0.4 is 0 Å². The minimum absolute atomic E-state index is 0.810. The molecule has 0 aliphatic rings. The molecule has 1 aromatic carbocycles. The molecular formula is C12H15BrO2S. The van der Waals surface area contributed by atoms with E-state index in [1.807, 2.05) is 18.2 Å². The van der Waals surface area contributed by atoms with Crippen LogP contribution in [0.25, 0.3) is 0 Å². The number of hydrogen-bond acceptors (Lipinski definition) is 2. The fraction of sp³-hybridized carbons (Fsp3) is 0.417. The van der Waals surface area contributed by atoms with E-state index in [-0.39, 0.29) is 0 Å². The Labute approximate surface area is 109 Å². The van der Waals surface area contributed by atoms with Crippen LogP contribution in [0.1, 0.15) is 26.3 Å². The second-order valence-corrected chi connectivity index (χ2v) is 6.17. The second kappa shape index (κ2) is 5.23. The third-order valence-electron chi connectivity index (χ3n) is 2.49. The van der Waals surface area contributed by atoms with Gasteiger partial charge in [0.25, 0.3) is 0 Å². The van der Waals surface area contributed by atoms with Gasteiger partial charge in [-0.2, -0.15) is 0 Å². The number of halogens is 1. The van der Waals surface area contributed by atoms with E-state index in [4.69, 9.17) is 5.11 Å². The van der Waals surface area contributed by atoms with Crippen molar-refractivity contribution in [2.75, 3.05) is 5.75 Å². The summed E-state index contributed by atoms with van der Waals surface area (Å²) in [7, 11) is 0. The molecule has 0 saturated carbocycles. The van der Waals surface area contributed by atoms with Crippen molar-refractivity contribution in [3.05, 3.63) is 28.2 Å². The van der Waals surface area contributed by atoms with E-state index in [9.17, 15) is 4.79 Å². The number of benzene rings is 1. The second-order valence-electron chi connectivity index (χ2n) is 4.01. The van der Waals surface area contributed by atoms with Gasteiger partial charge >= 0.3 is 5.97 Å². The van der Waals surface area contributed by atoms with Crippen LogP contribution in [0.5, 0.6) is 0 Å². The van der Waals surface area contributed by atoms with Gasteiger partial charge in [0.15, 0.2) is 0 Å². The molecule has 16 heavy (non-hydrogen) atoms. The Hall–Kier alpha value is -0.480. The van der Waals surface area contributed by atoms with Crippen LogP contribution in [0, 0.1) is 0 Å². The van der Waals surface area contributed by atoms with E-state index in [0.29, 0.717) is 0 Å². The average Bonchev–Trinajstić information content (AvgIpc) is 2.21. The minimum atomic E-state index is -0.849. The van der Waals surface area contributed by atoms with Gasteiger partial charge in [0.05, 0.1) is 5.41 Å². The Bertz CT molecular complexity index is 402. The van der Waals surface area contributed by atoms with E-state index in [1.165, 1.54) is 0 Å². The van der Waals surface area contributed by atoms with Gasteiger partial charge in [-0.1, -0.05) is 13.0 Å². The molecule has 0 fully saturated rings. The van der Waals surface area contributed by atoms with Crippen molar-refractivity contribution in [3.8, 4) is 0 Å². The minimum Gasteiger partial charge on any atom is -0.481 e. The molecule has 0 atom stereocenters. The summed E-state index contributed by atoms with van der Waals surface area (Å²) >= 11 is 5.21. The molecule has 4 heteroatoms. The first kappa shape index (κ1) is 13.6. The molecule has 0 spiro atoms. The zero-order valence-corrected chi connectivity index (χ0v) is 12.0. The molecule has 88 valence electrons. The maximum Gasteiger partial charge on any atom is 0.313 e. The van der Waals surface area contributed by atoms with Crippen LogP contribution in [-0.4, -0.2) is 16.8 Å². The molecule has 2 nitrogen and oxygen atoms in total. The average molecular weight is 303 g/mol. The number of hydrogen-bond donors (Lipinski definition) is 1. The summed E-state index contributed by atoms with van der Waals surface area (Å²) < 4.78 is 0.964. The van der Waals surface area contributed by atoms with Crippen molar-refractivity contribution in [1.82, 2.24) is 0 Å². The lowest BCUT2D eigenvalue weighted by Gasteiger charge is -2.20. The SMILES string of the molecule is CCSc1ccc(C(C)(C)C(=O)O)cc1Br. The van der Waals surface area contributed by atoms with Gasteiger partial charge in [0.1, 0.15) is 0 Å². The number of thioether (sulfide) groups is 1. The van der Waals surface area contributed by atoms with Gasteiger partial charge < -0.3 is 5.11 Å². The van der Waals surface area contributed by atoms with Crippen LogP contribution in [0.4, 0.5) is 0 Å². The van der Waals surface area contributed by atoms with E-state index in [0.717, 1.165) is 20.7 Å². The standard InChI is InChI=1S/C12H15BrO2S/c1-4-16-10-6-5-8(7-9(10)13)12(2,3)11(14)15/h5-7H,4H2,1-3H3,(H,14,15). The Balaban J connectivity index is 3.10. The van der Waals surface area contributed by atoms with Crippen LogP contribution in [0.2, 0.25) is 0 Å². The van der Waals surface area contributed by atoms with Gasteiger partial charge in [0.2, 0.25) is 0 Å². The molecule has 0 radical (unpaired) electrons. The smallest absolute Gasteiger partial charge is 0.313 e. The summed E-state index contributed by atoms with van der Waals surface area (Å²) in [6.45, 7) is 5.51. The molecule has 0 aromatic heterocycles. The first-order valence-electron chi connectivity index (χ1n) is 5.05. The molecule has 0 amide bonds. The predicted octanol–water partition coefficient (Wildman–Crippen LogP) is 3.92. The molecule has 0 heterocycles.